The van der Waals surface area contributed by atoms with Crippen molar-refractivity contribution in [2.24, 2.45) is 5.92 Å². The van der Waals surface area contributed by atoms with E-state index in [1.54, 1.807) is 45.2 Å². The molecule has 1 aromatic heterocycles. The fraction of sp³-hybridized carbons (Fsp3) is 0.533. The predicted octanol–water partition coefficient (Wildman–Crippen LogP) is 2.57. The van der Waals surface area contributed by atoms with E-state index >= 15 is 0 Å². The Hall–Kier alpha value is -2.11. The third kappa shape index (κ3) is 6.25. The molecule has 0 aromatic carbocycles. The van der Waals surface area contributed by atoms with Gasteiger partial charge in [0.2, 0.25) is 5.91 Å². The van der Waals surface area contributed by atoms with Crippen molar-refractivity contribution in [1.82, 2.24) is 10.3 Å². The molecule has 0 saturated heterocycles. The molecule has 2 N–H and O–H groups in total. The summed E-state index contributed by atoms with van der Waals surface area (Å²) in [4.78, 5) is 28.1. The van der Waals surface area contributed by atoms with Crippen molar-refractivity contribution < 1.29 is 14.3 Å². The Kier molecular flexibility index (Phi) is 5.69. The molecule has 0 aliphatic rings. The van der Waals surface area contributed by atoms with Crippen LogP contribution in [0, 0.1) is 5.92 Å². The number of pyridine rings is 1. The fourth-order valence-electron chi connectivity index (χ4n) is 1.61. The van der Waals surface area contributed by atoms with Gasteiger partial charge in [-0.1, -0.05) is 19.9 Å². The summed E-state index contributed by atoms with van der Waals surface area (Å²) >= 11 is 0. The van der Waals surface area contributed by atoms with Crippen LogP contribution < -0.4 is 10.6 Å². The minimum atomic E-state index is -0.693. The number of carbonyl (C=O) groups excluding carboxylic acids is 2. The van der Waals surface area contributed by atoms with Crippen LogP contribution in [0.4, 0.5) is 10.6 Å². The summed E-state index contributed by atoms with van der Waals surface area (Å²) in [5.41, 5.74) is -0.608. The van der Waals surface area contributed by atoms with Crippen LogP contribution in [0.25, 0.3) is 0 Å². The molecular formula is C15H23N3O3. The first-order valence-electron chi connectivity index (χ1n) is 6.90. The van der Waals surface area contributed by atoms with E-state index in [0.29, 0.717) is 5.82 Å². The summed E-state index contributed by atoms with van der Waals surface area (Å²) in [7, 11) is 0. The van der Waals surface area contributed by atoms with Crippen molar-refractivity contribution >= 4 is 17.8 Å². The molecule has 21 heavy (non-hydrogen) atoms. The molecule has 0 aliphatic carbocycles. The van der Waals surface area contributed by atoms with Crippen molar-refractivity contribution in [2.45, 2.75) is 46.3 Å². The zero-order chi connectivity index (χ0) is 16.0. The monoisotopic (exact) mass is 293 g/mol. The Bertz CT molecular complexity index is 481. The van der Waals surface area contributed by atoms with Crippen LogP contribution in [0.5, 0.6) is 0 Å². The number of anilines is 1. The number of rotatable bonds is 4. The van der Waals surface area contributed by atoms with E-state index in [1.165, 1.54) is 0 Å². The Morgan fingerprint density at radius 2 is 1.90 bits per heavy atom. The molecule has 0 saturated carbocycles. The first-order chi connectivity index (χ1) is 9.69. The van der Waals surface area contributed by atoms with Gasteiger partial charge in [-0.25, -0.2) is 9.78 Å². The van der Waals surface area contributed by atoms with Crippen LogP contribution in [-0.4, -0.2) is 28.6 Å². The lowest BCUT2D eigenvalue weighted by Gasteiger charge is -2.25. The van der Waals surface area contributed by atoms with Gasteiger partial charge in [0, 0.05) is 6.20 Å². The number of ether oxygens (including phenoxy) is 1. The van der Waals surface area contributed by atoms with Crippen molar-refractivity contribution in [3.8, 4) is 0 Å². The molecule has 0 spiro atoms. The minimum Gasteiger partial charge on any atom is -0.444 e. The second-order valence-electron chi connectivity index (χ2n) is 6.07. The number of amides is 2. The second kappa shape index (κ2) is 7.06. The lowest BCUT2D eigenvalue weighted by atomic mass is 10.0. The molecule has 6 nitrogen and oxygen atoms in total. The van der Waals surface area contributed by atoms with Crippen molar-refractivity contribution in [3.05, 3.63) is 24.4 Å². The zero-order valence-corrected chi connectivity index (χ0v) is 13.1. The van der Waals surface area contributed by atoms with Crippen molar-refractivity contribution in [2.75, 3.05) is 5.32 Å². The van der Waals surface area contributed by atoms with Gasteiger partial charge < -0.3 is 15.4 Å². The summed E-state index contributed by atoms with van der Waals surface area (Å²) in [5, 5.41) is 5.26. The Labute approximate surface area is 125 Å². The van der Waals surface area contributed by atoms with Crippen LogP contribution in [-0.2, 0) is 9.53 Å². The van der Waals surface area contributed by atoms with E-state index in [4.69, 9.17) is 4.74 Å². The Balaban J connectivity index is 2.69. The van der Waals surface area contributed by atoms with Gasteiger partial charge in [-0.05, 0) is 38.8 Å². The van der Waals surface area contributed by atoms with Gasteiger partial charge in [-0.2, -0.15) is 0 Å². The standard InChI is InChI=1S/C15H23N3O3/c1-10(2)12(18-14(20)21-15(3,4)5)13(19)17-11-8-6-7-9-16-11/h6-10,12H,1-5H3,(H,18,20)(H,16,17,19). The third-order valence-electron chi connectivity index (χ3n) is 2.54. The van der Waals surface area contributed by atoms with Crippen molar-refractivity contribution in [3.63, 3.8) is 0 Å². The molecule has 0 fully saturated rings. The molecular weight excluding hydrogens is 270 g/mol. The van der Waals surface area contributed by atoms with Crippen LogP contribution in [0.3, 0.4) is 0 Å². The SMILES string of the molecule is CC(C)C(NC(=O)OC(C)(C)C)C(=O)Nc1ccccn1. The summed E-state index contributed by atoms with van der Waals surface area (Å²) < 4.78 is 5.17. The molecule has 116 valence electrons. The predicted molar refractivity (Wildman–Crippen MR) is 80.9 cm³/mol. The van der Waals surface area contributed by atoms with Crippen LogP contribution >= 0.6 is 0 Å². The number of nitrogens with one attached hydrogen (secondary N) is 2. The largest absolute Gasteiger partial charge is 0.444 e. The number of nitrogens with zero attached hydrogens (tertiary/aromatic N) is 1. The van der Waals surface area contributed by atoms with Gasteiger partial charge in [-0.15, -0.1) is 0 Å². The van der Waals surface area contributed by atoms with E-state index in [1.807, 2.05) is 13.8 Å². The fourth-order valence-corrected chi connectivity index (χ4v) is 1.61. The maximum Gasteiger partial charge on any atom is 0.408 e. The lowest BCUT2D eigenvalue weighted by molar-refractivity contribution is -0.119. The molecule has 1 heterocycles. The number of carbonyl (C=O) groups is 2. The topological polar surface area (TPSA) is 80.3 Å². The smallest absolute Gasteiger partial charge is 0.408 e. The molecule has 1 atom stereocenters. The van der Waals surface area contributed by atoms with E-state index < -0.39 is 17.7 Å². The van der Waals surface area contributed by atoms with E-state index in [9.17, 15) is 9.59 Å². The number of hydrogen-bond donors (Lipinski definition) is 2. The average Bonchev–Trinajstić information content (AvgIpc) is 2.34. The number of hydrogen-bond acceptors (Lipinski definition) is 4. The highest BCUT2D eigenvalue weighted by Crippen LogP contribution is 2.10. The van der Waals surface area contributed by atoms with Crippen LogP contribution in [0.2, 0.25) is 0 Å². The average molecular weight is 293 g/mol. The molecule has 0 radical (unpaired) electrons. The van der Waals surface area contributed by atoms with Gasteiger partial charge in [-0.3, -0.25) is 4.79 Å². The highest BCUT2D eigenvalue weighted by molar-refractivity contribution is 5.96. The quantitative estimate of drug-likeness (QED) is 0.894. The maximum atomic E-state index is 12.2. The van der Waals surface area contributed by atoms with Gasteiger partial charge >= 0.3 is 6.09 Å². The normalized spacial score (nSPS) is 12.7. The molecule has 0 aliphatic heterocycles. The summed E-state index contributed by atoms with van der Waals surface area (Å²) in [6.45, 7) is 9.00. The Morgan fingerprint density at radius 3 is 2.38 bits per heavy atom. The van der Waals surface area contributed by atoms with Crippen molar-refractivity contribution in [1.29, 1.82) is 0 Å². The molecule has 6 heteroatoms. The summed E-state index contributed by atoms with van der Waals surface area (Å²) in [6, 6.07) is 4.52. The Morgan fingerprint density at radius 1 is 1.24 bits per heavy atom. The third-order valence-corrected chi connectivity index (χ3v) is 2.54. The summed E-state index contributed by atoms with van der Waals surface area (Å²) in [6.07, 6.45) is 0.971. The van der Waals surface area contributed by atoms with Gasteiger partial charge in [0.25, 0.3) is 0 Å². The van der Waals surface area contributed by atoms with Crippen LogP contribution in [0.1, 0.15) is 34.6 Å². The first kappa shape index (κ1) is 16.9. The highest BCUT2D eigenvalue weighted by atomic mass is 16.6. The molecule has 2 amide bonds. The molecule has 1 aromatic rings. The zero-order valence-electron chi connectivity index (χ0n) is 13.1. The molecule has 1 rings (SSSR count). The first-order valence-corrected chi connectivity index (χ1v) is 6.90. The number of alkyl carbamates (subject to hydrolysis) is 1. The van der Waals surface area contributed by atoms with Gasteiger partial charge in [0.1, 0.15) is 17.5 Å². The highest BCUT2D eigenvalue weighted by Gasteiger charge is 2.27. The van der Waals surface area contributed by atoms with Gasteiger partial charge in [0.15, 0.2) is 0 Å². The van der Waals surface area contributed by atoms with E-state index in [-0.39, 0.29) is 11.8 Å². The van der Waals surface area contributed by atoms with E-state index in [0.717, 1.165) is 0 Å². The molecule has 0 bridgehead atoms. The minimum absolute atomic E-state index is 0.0822. The van der Waals surface area contributed by atoms with Gasteiger partial charge in [0.05, 0.1) is 0 Å². The van der Waals surface area contributed by atoms with E-state index in [2.05, 4.69) is 15.6 Å². The number of aromatic nitrogens is 1. The maximum absolute atomic E-state index is 12.2. The molecule has 1 unspecified atom stereocenters. The van der Waals surface area contributed by atoms with Crippen LogP contribution in [0.15, 0.2) is 24.4 Å². The lowest BCUT2D eigenvalue weighted by Crippen LogP contribution is -2.48. The second-order valence-corrected chi connectivity index (χ2v) is 6.07. The summed E-state index contributed by atoms with van der Waals surface area (Å²) in [5.74, 6) is 0.0370.